The molecule has 0 atom stereocenters. The van der Waals surface area contributed by atoms with E-state index in [4.69, 9.17) is 9.84 Å². The normalized spacial score (nSPS) is 13.6. The lowest BCUT2D eigenvalue weighted by atomic mass is 10.1. The molecule has 4 rings (SSSR count). The molecule has 3 heterocycles. The van der Waals surface area contributed by atoms with Crippen LogP contribution in [0, 0.1) is 6.92 Å². The highest BCUT2D eigenvalue weighted by molar-refractivity contribution is 7.18. The lowest BCUT2D eigenvalue weighted by molar-refractivity contribution is -0.121. The van der Waals surface area contributed by atoms with Gasteiger partial charge in [-0.3, -0.25) is 14.5 Å². The zero-order valence-electron chi connectivity index (χ0n) is 13.9. The number of aliphatic hydroxyl groups is 1. The molecule has 3 aromatic rings. The van der Waals surface area contributed by atoms with Crippen molar-refractivity contribution >= 4 is 39.1 Å². The average molecular weight is 369 g/mol. The molecule has 1 amide bonds. The number of nitrogens with zero attached hydrogens (tertiary/aromatic N) is 3. The molecular formula is C18H15N3O4S. The average Bonchev–Trinajstić information content (AvgIpc) is 3.04. The van der Waals surface area contributed by atoms with E-state index in [1.165, 1.54) is 11.3 Å². The first-order valence-electron chi connectivity index (χ1n) is 7.98. The summed E-state index contributed by atoms with van der Waals surface area (Å²) in [5.41, 5.74) is 2.66. The summed E-state index contributed by atoms with van der Waals surface area (Å²) in [5, 5.41) is 9.82. The number of aryl methyl sites for hydroxylation is 1. The van der Waals surface area contributed by atoms with Crippen molar-refractivity contribution in [3.63, 3.8) is 0 Å². The Kier molecular flexibility index (Phi) is 4.14. The molecule has 0 unspecified atom stereocenters. The van der Waals surface area contributed by atoms with Crippen LogP contribution in [0.3, 0.4) is 0 Å². The standard InChI is InChI=1S/C18H15N3O4S/c1-10-4-12-18(19-6-10)26-16(20-12)7-21-13-5-11(14(23)8-22)2-3-15(13)25-9-17(21)24/h2-6,22H,7-9H2,1H3. The van der Waals surface area contributed by atoms with Crippen molar-refractivity contribution in [1.29, 1.82) is 0 Å². The van der Waals surface area contributed by atoms with Gasteiger partial charge in [-0.1, -0.05) is 11.3 Å². The Bertz CT molecular complexity index is 1030. The molecule has 1 aromatic carbocycles. The minimum atomic E-state index is -0.587. The Morgan fingerprint density at radius 3 is 3.04 bits per heavy atom. The summed E-state index contributed by atoms with van der Waals surface area (Å²) in [6.45, 7) is 1.57. The number of aliphatic hydroxyl groups excluding tert-OH is 1. The van der Waals surface area contributed by atoms with Gasteiger partial charge in [0.1, 0.15) is 27.7 Å². The van der Waals surface area contributed by atoms with Gasteiger partial charge in [0.15, 0.2) is 12.4 Å². The van der Waals surface area contributed by atoms with Crippen LogP contribution in [0.5, 0.6) is 5.75 Å². The van der Waals surface area contributed by atoms with Crippen LogP contribution in [-0.4, -0.2) is 40.0 Å². The van der Waals surface area contributed by atoms with Crippen LogP contribution >= 0.6 is 11.3 Å². The van der Waals surface area contributed by atoms with Crippen molar-refractivity contribution in [3.05, 3.63) is 46.6 Å². The fourth-order valence-electron chi connectivity index (χ4n) is 2.81. The number of carbonyl (C=O) groups is 2. The van der Waals surface area contributed by atoms with Gasteiger partial charge < -0.3 is 9.84 Å². The first-order chi connectivity index (χ1) is 12.5. The van der Waals surface area contributed by atoms with Gasteiger partial charge in [-0.25, -0.2) is 9.97 Å². The third-order valence-electron chi connectivity index (χ3n) is 4.09. The molecule has 0 saturated carbocycles. The number of hydrogen-bond acceptors (Lipinski definition) is 7. The van der Waals surface area contributed by atoms with Crippen LogP contribution in [-0.2, 0) is 11.3 Å². The quantitative estimate of drug-likeness (QED) is 0.708. The molecule has 26 heavy (non-hydrogen) atoms. The number of amides is 1. The van der Waals surface area contributed by atoms with Crippen LogP contribution in [0.2, 0.25) is 0 Å². The lowest BCUT2D eigenvalue weighted by Crippen LogP contribution is -2.38. The summed E-state index contributed by atoms with van der Waals surface area (Å²) in [7, 11) is 0. The zero-order valence-corrected chi connectivity index (χ0v) is 14.7. The van der Waals surface area contributed by atoms with Crippen LogP contribution in [0.15, 0.2) is 30.5 Å². The summed E-state index contributed by atoms with van der Waals surface area (Å²) in [4.78, 5) is 35.5. The molecule has 0 fully saturated rings. The van der Waals surface area contributed by atoms with Gasteiger partial charge in [0.25, 0.3) is 5.91 Å². The zero-order chi connectivity index (χ0) is 18.3. The maximum absolute atomic E-state index is 12.4. The van der Waals surface area contributed by atoms with Gasteiger partial charge in [-0.05, 0) is 36.8 Å². The first kappa shape index (κ1) is 16.6. The largest absolute Gasteiger partial charge is 0.482 e. The number of carbonyl (C=O) groups excluding carboxylic acids is 2. The highest BCUT2D eigenvalue weighted by Crippen LogP contribution is 2.35. The van der Waals surface area contributed by atoms with E-state index in [0.717, 1.165) is 20.9 Å². The lowest BCUT2D eigenvalue weighted by Gasteiger charge is -2.29. The molecule has 0 aliphatic carbocycles. The number of hydrogen-bond donors (Lipinski definition) is 1. The van der Waals surface area contributed by atoms with E-state index < -0.39 is 12.4 Å². The Morgan fingerprint density at radius 2 is 2.23 bits per heavy atom. The molecule has 0 radical (unpaired) electrons. The maximum atomic E-state index is 12.4. The number of pyridine rings is 1. The van der Waals surface area contributed by atoms with Gasteiger partial charge >= 0.3 is 0 Å². The highest BCUT2D eigenvalue weighted by atomic mass is 32.1. The smallest absolute Gasteiger partial charge is 0.265 e. The van der Waals surface area contributed by atoms with Crippen molar-refractivity contribution in [2.75, 3.05) is 18.1 Å². The van der Waals surface area contributed by atoms with E-state index in [1.54, 1.807) is 29.3 Å². The van der Waals surface area contributed by atoms with Crippen LogP contribution < -0.4 is 9.64 Å². The number of ketones is 1. The molecule has 1 aliphatic rings. The molecule has 132 valence electrons. The van der Waals surface area contributed by atoms with Crippen molar-refractivity contribution in [2.45, 2.75) is 13.5 Å². The number of Topliss-reactive ketones (excluding diaryl/α,β-unsaturated/α-hetero) is 1. The number of aromatic nitrogens is 2. The van der Waals surface area contributed by atoms with E-state index in [1.807, 2.05) is 13.0 Å². The minimum Gasteiger partial charge on any atom is -0.482 e. The molecule has 0 spiro atoms. The SMILES string of the molecule is Cc1cnc2sc(CN3C(=O)COc4ccc(C(=O)CO)cc43)nc2c1. The summed E-state index contributed by atoms with van der Waals surface area (Å²) in [5.74, 6) is -0.103. The van der Waals surface area contributed by atoms with Crippen molar-refractivity contribution in [3.8, 4) is 5.75 Å². The molecule has 8 heteroatoms. The van der Waals surface area contributed by atoms with E-state index >= 15 is 0 Å². The van der Waals surface area contributed by atoms with E-state index in [0.29, 0.717) is 17.0 Å². The summed E-state index contributed by atoms with van der Waals surface area (Å²) >= 11 is 1.43. The summed E-state index contributed by atoms with van der Waals surface area (Å²) in [6.07, 6.45) is 1.78. The molecule has 0 bridgehead atoms. The van der Waals surface area contributed by atoms with Crippen molar-refractivity contribution in [1.82, 2.24) is 9.97 Å². The Morgan fingerprint density at radius 1 is 1.38 bits per heavy atom. The Labute approximate surface area is 152 Å². The summed E-state index contributed by atoms with van der Waals surface area (Å²) in [6, 6.07) is 6.74. The molecule has 1 aliphatic heterocycles. The third-order valence-corrected chi connectivity index (χ3v) is 5.05. The predicted molar refractivity (Wildman–Crippen MR) is 96.7 cm³/mol. The van der Waals surface area contributed by atoms with Gasteiger partial charge in [0, 0.05) is 11.8 Å². The Balaban J connectivity index is 1.71. The fourth-order valence-corrected chi connectivity index (χ4v) is 3.69. The first-order valence-corrected chi connectivity index (χ1v) is 8.80. The van der Waals surface area contributed by atoms with Crippen LogP contribution in [0.1, 0.15) is 20.9 Å². The number of fused-ring (bicyclic) bond motifs is 2. The second-order valence-electron chi connectivity index (χ2n) is 5.98. The second-order valence-corrected chi connectivity index (χ2v) is 7.04. The van der Waals surface area contributed by atoms with E-state index in [9.17, 15) is 9.59 Å². The van der Waals surface area contributed by atoms with E-state index in [2.05, 4.69) is 9.97 Å². The van der Waals surface area contributed by atoms with Gasteiger partial charge in [0.2, 0.25) is 0 Å². The molecule has 1 N–H and O–H groups in total. The second kappa shape index (κ2) is 6.47. The van der Waals surface area contributed by atoms with Crippen molar-refractivity contribution < 1.29 is 19.4 Å². The Hall–Kier alpha value is -2.84. The topological polar surface area (TPSA) is 92.6 Å². The molecule has 2 aromatic heterocycles. The number of ether oxygens (including phenoxy) is 1. The maximum Gasteiger partial charge on any atom is 0.265 e. The van der Waals surface area contributed by atoms with Crippen molar-refractivity contribution in [2.24, 2.45) is 0 Å². The van der Waals surface area contributed by atoms with Gasteiger partial charge in [0.05, 0.1) is 12.2 Å². The van der Waals surface area contributed by atoms with Crippen LogP contribution in [0.25, 0.3) is 10.3 Å². The molecule has 0 saturated heterocycles. The van der Waals surface area contributed by atoms with Crippen LogP contribution in [0.4, 0.5) is 5.69 Å². The number of thiazole rings is 1. The predicted octanol–water partition coefficient (Wildman–Crippen LogP) is 2.10. The summed E-state index contributed by atoms with van der Waals surface area (Å²) < 4.78 is 5.45. The van der Waals surface area contributed by atoms with Gasteiger partial charge in [-0.15, -0.1) is 0 Å². The highest BCUT2D eigenvalue weighted by Gasteiger charge is 2.27. The minimum absolute atomic E-state index is 0.0669. The molecule has 7 nitrogen and oxygen atoms in total. The third kappa shape index (κ3) is 2.93. The number of anilines is 1. The monoisotopic (exact) mass is 369 g/mol. The molecular weight excluding hydrogens is 354 g/mol. The van der Waals surface area contributed by atoms with E-state index in [-0.39, 0.29) is 19.1 Å². The fraction of sp³-hybridized carbons (Fsp3) is 0.222. The van der Waals surface area contributed by atoms with Gasteiger partial charge in [-0.2, -0.15) is 0 Å². The number of rotatable bonds is 4. The number of benzene rings is 1.